The van der Waals surface area contributed by atoms with Crippen LogP contribution in [0.3, 0.4) is 0 Å². The second kappa shape index (κ2) is 2.98. The molecule has 0 radical (unpaired) electrons. The number of rotatable bonds is 3. The molecular weight excluding hydrogens is 132 g/mol. The second-order valence-electron chi connectivity index (χ2n) is 2.55. The second-order valence-corrected chi connectivity index (χ2v) is 2.55. The van der Waals surface area contributed by atoms with Crippen molar-refractivity contribution in [2.75, 3.05) is 13.7 Å². The highest BCUT2D eigenvalue weighted by molar-refractivity contribution is 5.77. The van der Waals surface area contributed by atoms with Gasteiger partial charge in [0, 0.05) is 13.1 Å². The van der Waals surface area contributed by atoms with Crippen molar-refractivity contribution in [1.29, 1.82) is 0 Å². The van der Waals surface area contributed by atoms with E-state index in [0.29, 0.717) is 6.04 Å². The molecule has 0 aromatic carbocycles. The van der Waals surface area contributed by atoms with Gasteiger partial charge in [-0.05, 0) is 12.8 Å². The zero-order chi connectivity index (χ0) is 7.56. The lowest BCUT2D eigenvalue weighted by Gasteiger charge is -2.14. The third kappa shape index (κ3) is 1.68. The topological polar surface area (TPSA) is 55.6 Å². The molecule has 1 fully saturated rings. The first-order valence-electron chi connectivity index (χ1n) is 3.33. The smallest absolute Gasteiger partial charge is 0.250 e. The van der Waals surface area contributed by atoms with Crippen LogP contribution in [0.4, 0.5) is 0 Å². The van der Waals surface area contributed by atoms with Gasteiger partial charge in [0.1, 0.15) is 6.61 Å². The highest BCUT2D eigenvalue weighted by Gasteiger charge is 2.29. The Kier molecular flexibility index (Phi) is 2.24. The molecule has 4 nitrogen and oxygen atoms in total. The highest BCUT2D eigenvalue weighted by atomic mass is 16.6. The molecule has 1 amide bonds. The van der Waals surface area contributed by atoms with Gasteiger partial charge in [0.05, 0.1) is 0 Å². The fourth-order valence-corrected chi connectivity index (χ4v) is 0.839. The summed E-state index contributed by atoms with van der Waals surface area (Å²) >= 11 is 0. The fraction of sp³-hybridized carbons (Fsp3) is 0.833. The van der Waals surface area contributed by atoms with Gasteiger partial charge in [-0.3, -0.25) is 9.63 Å². The summed E-state index contributed by atoms with van der Waals surface area (Å²) in [6.07, 6.45) is 2.24. The Morgan fingerprint density at radius 3 is 2.80 bits per heavy atom. The van der Waals surface area contributed by atoms with E-state index < -0.39 is 0 Å². The Morgan fingerprint density at radius 1 is 1.80 bits per heavy atom. The third-order valence-corrected chi connectivity index (χ3v) is 1.69. The molecule has 0 atom stereocenters. The number of hydrogen-bond acceptors (Lipinski definition) is 3. The minimum Gasteiger partial charge on any atom is -0.341 e. The number of carbonyl (C=O) groups excluding carboxylic acids is 1. The molecule has 10 heavy (non-hydrogen) atoms. The summed E-state index contributed by atoms with van der Waals surface area (Å²) in [5.74, 6) is 4.70. The van der Waals surface area contributed by atoms with Crippen LogP contribution in [0.2, 0.25) is 0 Å². The van der Waals surface area contributed by atoms with Gasteiger partial charge < -0.3 is 4.90 Å². The highest BCUT2D eigenvalue weighted by Crippen LogP contribution is 2.25. The number of amides is 1. The zero-order valence-electron chi connectivity index (χ0n) is 6.04. The Balaban J connectivity index is 2.24. The maximum atomic E-state index is 10.9. The quantitative estimate of drug-likeness (QED) is 0.543. The molecule has 1 aliphatic carbocycles. The standard InChI is InChI=1S/C6H12N2O2/c1-8(5-2-3-5)6(9)4-10-7/h5H,2-4,7H2,1H3. The summed E-state index contributed by atoms with van der Waals surface area (Å²) in [6, 6.07) is 0.447. The molecule has 58 valence electrons. The molecule has 1 rings (SSSR count). The average molecular weight is 144 g/mol. The Hall–Kier alpha value is -0.610. The molecule has 2 N–H and O–H groups in total. The SMILES string of the molecule is CN(C(=O)CON)C1CC1. The predicted octanol–water partition coefficient (Wildman–Crippen LogP) is -0.502. The number of nitrogens with zero attached hydrogens (tertiary/aromatic N) is 1. The Labute approximate surface area is 59.9 Å². The van der Waals surface area contributed by atoms with Gasteiger partial charge in [0.2, 0.25) is 0 Å². The number of nitrogens with two attached hydrogens (primary N) is 1. The molecule has 0 spiro atoms. The molecule has 0 aromatic heterocycles. The van der Waals surface area contributed by atoms with Crippen LogP contribution >= 0.6 is 0 Å². The first kappa shape index (κ1) is 7.50. The Morgan fingerprint density at radius 2 is 2.40 bits per heavy atom. The van der Waals surface area contributed by atoms with E-state index in [0.717, 1.165) is 12.8 Å². The number of likely N-dealkylation sites (N-methyl/N-ethyl adjacent to an activating group) is 1. The molecule has 0 unspecified atom stereocenters. The number of carbonyl (C=O) groups is 1. The van der Waals surface area contributed by atoms with Gasteiger partial charge in [0.15, 0.2) is 0 Å². The van der Waals surface area contributed by atoms with Crippen LogP contribution in [0.1, 0.15) is 12.8 Å². The van der Waals surface area contributed by atoms with Gasteiger partial charge in [-0.1, -0.05) is 0 Å². The minimum absolute atomic E-state index is 0.00694. The lowest BCUT2D eigenvalue weighted by molar-refractivity contribution is -0.135. The maximum absolute atomic E-state index is 10.9. The van der Waals surface area contributed by atoms with Crippen molar-refractivity contribution in [2.24, 2.45) is 5.90 Å². The van der Waals surface area contributed by atoms with Crippen molar-refractivity contribution in [1.82, 2.24) is 4.90 Å². The monoisotopic (exact) mass is 144 g/mol. The molecule has 0 aliphatic heterocycles. The van der Waals surface area contributed by atoms with Gasteiger partial charge in [-0.25, -0.2) is 5.90 Å². The predicted molar refractivity (Wildman–Crippen MR) is 35.9 cm³/mol. The van der Waals surface area contributed by atoms with Gasteiger partial charge in [-0.2, -0.15) is 0 Å². The van der Waals surface area contributed by atoms with Crippen molar-refractivity contribution in [3.8, 4) is 0 Å². The largest absolute Gasteiger partial charge is 0.341 e. The van der Waals surface area contributed by atoms with Crippen molar-refractivity contribution in [2.45, 2.75) is 18.9 Å². The van der Waals surface area contributed by atoms with E-state index in [1.807, 2.05) is 0 Å². The van der Waals surface area contributed by atoms with E-state index in [4.69, 9.17) is 5.90 Å². The van der Waals surface area contributed by atoms with Crippen LogP contribution in [-0.4, -0.2) is 30.5 Å². The summed E-state index contributed by atoms with van der Waals surface area (Å²) in [4.78, 5) is 16.8. The van der Waals surface area contributed by atoms with E-state index in [9.17, 15) is 4.79 Å². The summed E-state index contributed by atoms with van der Waals surface area (Å²) in [7, 11) is 1.78. The molecule has 1 saturated carbocycles. The first-order chi connectivity index (χ1) is 4.75. The molecule has 4 heteroatoms. The van der Waals surface area contributed by atoms with E-state index in [1.165, 1.54) is 0 Å². The summed E-state index contributed by atoms with van der Waals surface area (Å²) in [6.45, 7) is -0.00694. The average Bonchev–Trinajstić information content (AvgIpc) is 2.68. The van der Waals surface area contributed by atoms with Crippen LogP contribution < -0.4 is 5.90 Å². The summed E-state index contributed by atoms with van der Waals surface area (Å²) in [5.41, 5.74) is 0. The van der Waals surface area contributed by atoms with E-state index >= 15 is 0 Å². The summed E-state index contributed by atoms with van der Waals surface area (Å²) in [5, 5.41) is 0. The Bertz CT molecular complexity index is 134. The van der Waals surface area contributed by atoms with Gasteiger partial charge in [-0.15, -0.1) is 0 Å². The van der Waals surface area contributed by atoms with E-state index in [2.05, 4.69) is 4.84 Å². The lowest BCUT2D eigenvalue weighted by Crippen LogP contribution is -2.32. The molecule has 0 aromatic rings. The van der Waals surface area contributed by atoms with Crippen molar-refractivity contribution < 1.29 is 9.63 Å². The van der Waals surface area contributed by atoms with Gasteiger partial charge in [0.25, 0.3) is 5.91 Å². The van der Waals surface area contributed by atoms with Gasteiger partial charge >= 0.3 is 0 Å². The molecule has 0 saturated heterocycles. The van der Waals surface area contributed by atoms with E-state index in [-0.39, 0.29) is 12.5 Å². The fourth-order valence-electron chi connectivity index (χ4n) is 0.839. The van der Waals surface area contributed by atoms with Crippen molar-refractivity contribution >= 4 is 5.91 Å². The van der Waals surface area contributed by atoms with E-state index in [1.54, 1.807) is 11.9 Å². The minimum atomic E-state index is -0.0370. The normalized spacial score (nSPS) is 17.0. The lowest BCUT2D eigenvalue weighted by atomic mass is 10.5. The molecule has 0 bridgehead atoms. The van der Waals surface area contributed by atoms with Crippen LogP contribution in [0.15, 0.2) is 0 Å². The number of hydrogen-bond donors (Lipinski definition) is 1. The summed E-state index contributed by atoms with van der Waals surface area (Å²) < 4.78 is 0. The maximum Gasteiger partial charge on any atom is 0.250 e. The van der Waals surface area contributed by atoms with Crippen molar-refractivity contribution in [3.05, 3.63) is 0 Å². The van der Waals surface area contributed by atoms with Crippen molar-refractivity contribution in [3.63, 3.8) is 0 Å². The molecular formula is C6H12N2O2. The van der Waals surface area contributed by atoms with Crippen LogP contribution in [0.25, 0.3) is 0 Å². The van der Waals surface area contributed by atoms with Crippen LogP contribution in [-0.2, 0) is 9.63 Å². The first-order valence-corrected chi connectivity index (χ1v) is 3.33. The zero-order valence-corrected chi connectivity index (χ0v) is 6.04. The van der Waals surface area contributed by atoms with Crippen LogP contribution in [0, 0.1) is 0 Å². The molecule has 0 heterocycles. The third-order valence-electron chi connectivity index (χ3n) is 1.69. The van der Waals surface area contributed by atoms with Crippen LogP contribution in [0.5, 0.6) is 0 Å². The molecule has 1 aliphatic rings.